The first-order valence-corrected chi connectivity index (χ1v) is 4.79. The molecule has 0 spiro atoms. The Hall–Kier alpha value is -0.340. The first-order valence-electron chi connectivity index (χ1n) is 4.79. The Labute approximate surface area is 72.5 Å². The van der Waals surface area contributed by atoms with Crippen LogP contribution in [0, 0.1) is 17.8 Å². The minimum Gasteiger partial charge on any atom is -0.381 e. The molecule has 0 aromatic carbocycles. The van der Waals surface area contributed by atoms with Crippen molar-refractivity contribution >= 4 is 0 Å². The van der Waals surface area contributed by atoms with E-state index in [0.717, 1.165) is 38.3 Å². The van der Waals surface area contributed by atoms with E-state index in [1.54, 1.807) is 5.57 Å². The van der Waals surface area contributed by atoms with Crippen LogP contribution in [0.2, 0.25) is 0 Å². The highest BCUT2D eigenvalue weighted by molar-refractivity contribution is 5.18. The summed E-state index contributed by atoms with van der Waals surface area (Å²) in [7, 11) is 0. The molecule has 1 aliphatic carbocycles. The molecule has 0 amide bonds. The summed E-state index contributed by atoms with van der Waals surface area (Å²) in [6, 6.07) is 0. The van der Waals surface area contributed by atoms with Gasteiger partial charge in [-0.2, -0.15) is 0 Å². The molecule has 2 aliphatic heterocycles. The molecule has 3 aliphatic rings. The predicted molar refractivity (Wildman–Crippen MR) is 44.8 cm³/mol. The van der Waals surface area contributed by atoms with Crippen molar-refractivity contribution in [2.24, 2.45) is 17.8 Å². The fourth-order valence-corrected chi connectivity index (χ4v) is 2.63. The fraction of sp³-hybridized carbons (Fsp3) is 0.800. The van der Waals surface area contributed by atoms with Gasteiger partial charge in [-0.25, -0.2) is 0 Å². The first-order chi connectivity index (χ1) is 5.93. The molecule has 3 atom stereocenters. The largest absolute Gasteiger partial charge is 0.381 e. The quantitative estimate of drug-likeness (QED) is 0.504. The van der Waals surface area contributed by atoms with E-state index < -0.39 is 0 Å². The number of hydrogen-bond donors (Lipinski definition) is 0. The van der Waals surface area contributed by atoms with E-state index >= 15 is 0 Å². The lowest BCUT2D eigenvalue weighted by atomic mass is 9.78. The van der Waals surface area contributed by atoms with Gasteiger partial charge in [-0.1, -0.05) is 6.08 Å². The Kier molecular flexibility index (Phi) is 1.52. The monoisotopic (exact) mass is 166 g/mol. The number of ether oxygens (including phenoxy) is 2. The van der Waals surface area contributed by atoms with E-state index in [1.807, 2.05) is 0 Å². The van der Waals surface area contributed by atoms with E-state index in [1.165, 1.54) is 6.42 Å². The average molecular weight is 166 g/mol. The summed E-state index contributed by atoms with van der Waals surface area (Å²) < 4.78 is 10.9. The van der Waals surface area contributed by atoms with Gasteiger partial charge in [0.1, 0.15) is 0 Å². The van der Waals surface area contributed by atoms with Crippen LogP contribution >= 0.6 is 0 Å². The van der Waals surface area contributed by atoms with E-state index in [9.17, 15) is 0 Å². The minimum absolute atomic E-state index is 0.706. The molecule has 12 heavy (non-hydrogen) atoms. The maximum atomic E-state index is 5.47. The Balaban J connectivity index is 1.88. The van der Waals surface area contributed by atoms with Gasteiger partial charge >= 0.3 is 0 Å². The van der Waals surface area contributed by atoms with Crippen molar-refractivity contribution in [2.45, 2.75) is 6.42 Å². The fourth-order valence-electron chi connectivity index (χ4n) is 2.63. The minimum atomic E-state index is 0.706. The summed E-state index contributed by atoms with van der Waals surface area (Å²) >= 11 is 0. The van der Waals surface area contributed by atoms with Crippen LogP contribution in [0.1, 0.15) is 6.42 Å². The molecule has 2 nitrogen and oxygen atoms in total. The Morgan fingerprint density at radius 3 is 3.17 bits per heavy atom. The Morgan fingerprint density at radius 1 is 1.17 bits per heavy atom. The summed E-state index contributed by atoms with van der Waals surface area (Å²) in [5, 5.41) is 0. The standard InChI is InChI=1S/C10H14O2/c1-7-3-11-5-9(7)2-10-6-12-4-8(1)10/h1,7,9-10H,2-6H2. The van der Waals surface area contributed by atoms with Crippen molar-refractivity contribution in [1.82, 2.24) is 0 Å². The molecule has 0 aromatic heterocycles. The lowest BCUT2D eigenvalue weighted by molar-refractivity contribution is 0.167. The molecule has 0 N–H and O–H groups in total. The van der Waals surface area contributed by atoms with Gasteiger partial charge < -0.3 is 9.47 Å². The zero-order valence-electron chi connectivity index (χ0n) is 7.16. The normalized spacial score (nSPS) is 45.3. The molecule has 2 fully saturated rings. The first kappa shape index (κ1) is 7.10. The van der Waals surface area contributed by atoms with Gasteiger partial charge in [-0.3, -0.25) is 0 Å². The summed E-state index contributed by atoms with van der Waals surface area (Å²) in [6.45, 7) is 3.76. The van der Waals surface area contributed by atoms with E-state index in [-0.39, 0.29) is 0 Å². The number of fused-ring (bicyclic) bond motifs is 2. The summed E-state index contributed by atoms with van der Waals surface area (Å²) in [6.07, 6.45) is 3.72. The third-order valence-corrected chi connectivity index (χ3v) is 3.38. The van der Waals surface area contributed by atoms with Crippen LogP contribution in [0.4, 0.5) is 0 Å². The second-order valence-corrected chi connectivity index (χ2v) is 4.15. The molecular weight excluding hydrogens is 152 g/mol. The lowest BCUT2D eigenvalue weighted by Crippen LogP contribution is -2.21. The van der Waals surface area contributed by atoms with Crippen molar-refractivity contribution in [3.05, 3.63) is 11.6 Å². The van der Waals surface area contributed by atoms with Crippen LogP contribution in [-0.2, 0) is 9.47 Å². The van der Waals surface area contributed by atoms with Crippen LogP contribution < -0.4 is 0 Å². The van der Waals surface area contributed by atoms with Gasteiger partial charge in [0.25, 0.3) is 0 Å². The van der Waals surface area contributed by atoms with Crippen molar-refractivity contribution in [3.63, 3.8) is 0 Å². The maximum Gasteiger partial charge on any atom is 0.0680 e. The molecule has 0 bridgehead atoms. The van der Waals surface area contributed by atoms with E-state index in [4.69, 9.17) is 9.47 Å². The van der Waals surface area contributed by atoms with Crippen molar-refractivity contribution in [2.75, 3.05) is 26.4 Å². The summed E-state index contributed by atoms with van der Waals surface area (Å²) in [5.74, 6) is 2.23. The van der Waals surface area contributed by atoms with Crippen molar-refractivity contribution in [3.8, 4) is 0 Å². The van der Waals surface area contributed by atoms with Crippen molar-refractivity contribution < 1.29 is 9.47 Å². The van der Waals surface area contributed by atoms with Crippen LogP contribution in [0.3, 0.4) is 0 Å². The Bertz CT molecular complexity index is 222. The molecule has 3 unspecified atom stereocenters. The van der Waals surface area contributed by atoms with Crippen LogP contribution in [0.15, 0.2) is 11.6 Å². The molecule has 0 aromatic rings. The molecule has 0 radical (unpaired) electrons. The van der Waals surface area contributed by atoms with Gasteiger partial charge in [0.2, 0.25) is 0 Å². The second-order valence-electron chi connectivity index (χ2n) is 4.15. The SMILES string of the molecule is C1=C2COCC2CC2COCC12. The predicted octanol–water partition coefficient (Wildman–Crippen LogP) is 1.23. The molecule has 2 saturated heterocycles. The van der Waals surface area contributed by atoms with Gasteiger partial charge in [0.05, 0.1) is 26.4 Å². The molecule has 3 rings (SSSR count). The maximum absolute atomic E-state index is 5.47. The molecule has 66 valence electrons. The van der Waals surface area contributed by atoms with Gasteiger partial charge in [-0.15, -0.1) is 0 Å². The third-order valence-electron chi connectivity index (χ3n) is 3.38. The highest BCUT2D eigenvalue weighted by Crippen LogP contribution is 2.39. The van der Waals surface area contributed by atoms with Crippen LogP contribution in [0.25, 0.3) is 0 Å². The van der Waals surface area contributed by atoms with E-state index in [2.05, 4.69) is 6.08 Å². The van der Waals surface area contributed by atoms with Crippen LogP contribution in [0.5, 0.6) is 0 Å². The molecule has 2 heteroatoms. The highest BCUT2D eigenvalue weighted by Gasteiger charge is 2.36. The highest BCUT2D eigenvalue weighted by atomic mass is 16.5. The lowest BCUT2D eigenvalue weighted by Gasteiger charge is -2.24. The van der Waals surface area contributed by atoms with Gasteiger partial charge in [0, 0.05) is 11.8 Å². The van der Waals surface area contributed by atoms with Crippen LogP contribution in [-0.4, -0.2) is 26.4 Å². The molecule has 2 heterocycles. The molecular formula is C10H14O2. The smallest absolute Gasteiger partial charge is 0.0680 e. The average Bonchev–Trinajstić information content (AvgIpc) is 2.64. The summed E-state index contributed by atoms with van der Waals surface area (Å²) in [4.78, 5) is 0. The third kappa shape index (κ3) is 0.947. The zero-order chi connectivity index (χ0) is 7.97. The van der Waals surface area contributed by atoms with Gasteiger partial charge in [-0.05, 0) is 17.9 Å². The topological polar surface area (TPSA) is 18.5 Å². The second kappa shape index (κ2) is 2.57. The van der Waals surface area contributed by atoms with E-state index in [0.29, 0.717) is 5.92 Å². The Morgan fingerprint density at radius 2 is 2.17 bits per heavy atom. The molecule has 0 saturated carbocycles. The number of hydrogen-bond acceptors (Lipinski definition) is 2. The number of rotatable bonds is 0. The van der Waals surface area contributed by atoms with Gasteiger partial charge in [0.15, 0.2) is 0 Å². The van der Waals surface area contributed by atoms with Crippen molar-refractivity contribution in [1.29, 1.82) is 0 Å². The zero-order valence-corrected chi connectivity index (χ0v) is 7.16. The summed E-state index contributed by atoms with van der Waals surface area (Å²) in [5.41, 5.74) is 1.54.